The molecule has 1 amide bonds. The van der Waals surface area contributed by atoms with Gasteiger partial charge in [0.2, 0.25) is 0 Å². The Kier molecular flexibility index (Phi) is 5.23. The van der Waals surface area contributed by atoms with Gasteiger partial charge in [0.05, 0.1) is 5.02 Å². The lowest BCUT2D eigenvalue weighted by atomic mass is 9.95. The lowest BCUT2D eigenvalue weighted by Gasteiger charge is -2.22. The molecule has 1 N–H and O–H groups in total. The molecule has 1 fully saturated rings. The Morgan fingerprint density at radius 2 is 1.96 bits per heavy atom. The van der Waals surface area contributed by atoms with Gasteiger partial charge in [0.1, 0.15) is 18.1 Å². The van der Waals surface area contributed by atoms with E-state index in [1.54, 1.807) is 24.3 Å². The summed E-state index contributed by atoms with van der Waals surface area (Å²) in [5.41, 5.74) is 0. The lowest BCUT2D eigenvalue weighted by Crippen LogP contribution is -2.35. The third kappa shape index (κ3) is 4.29. The largest absolute Gasteiger partial charge is 0.484 e. The summed E-state index contributed by atoms with van der Waals surface area (Å²) in [6.07, 6.45) is 5.72. The second kappa shape index (κ2) is 7.55. The molecule has 0 radical (unpaired) electrons. The summed E-state index contributed by atoms with van der Waals surface area (Å²) in [7, 11) is 0. The highest BCUT2D eigenvalue weighted by atomic mass is 35.5. The predicted molar refractivity (Wildman–Crippen MR) is 88.8 cm³/mol. The normalized spacial score (nSPS) is 15.3. The topological polar surface area (TPSA) is 51.5 Å². The van der Waals surface area contributed by atoms with E-state index in [1.807, 2.05) is 12.1 Å². The van der Waals surface area contributed by atoms with Crippen LogP contribution in [0.3, 0.4) is 0 Å². The van der Waals surface area contributed by atoms with Crippen molar-refractivity contribution in [2.45, 2.75) is 44.8 Å². The number of ether oxygens (including phenoxy) is 1. The van der Waals surface area contributed by atoms with E-state index < -0.39 is 0 Å². The second-order valence-electron chi connectivity index (χ2n) is 5.79. The summed E-state index contributed by atoms with van der Waals surface area (Å²) < 4.78 is 11.2. The predicted octanol–water partition coefficient (Wildman–Crippen LogP) is 4.57. The number of para-hydroxylation sites is 1. The molecule has 23 heavy (non-hydrogen) atoms. The van der Waals surface area contributed by atoms with Crippen LogP contribution in [0.25, 0.3) is 0 Å². The Morgan fingerprint density at radius 3 is 2.74 bits per heavy atom. The molecule has 1 aliphatic rings. The molecule has 4 nitrogen and oxygen atoms in total. The number of carbonyl (C=O) groups is 1. The lowest BCUT2D eigenvalue weighted by molar-refractivity contribution is 0.0895. The summed E-state index contributed by atoms with van der Waals surface area (Å²) in [5, 5.41) is 3.59. The van der Waals surface area contributed by atoms with E-state index in [-0.39, 0.29) is 18.6 Å². The number of hydrogen-bond acceptors (Lipinski definition) is 3. The minimum atomic E-state index is -0.152. The van der Waals surface area contributed by atoms with Gasteiger partial charge in [-0.25, -0.2) is 0 Å². The fourth-order valence-corrected chi connectivity index (χ4v) is 2.98. The molecule has 0 bridgehead atoms. The molecular formula is C18H20ClNO3. The number of nitrogens with one attached hydrogen (secondary N) is 1. The Labute approximate surface area is 140 Å². The molecule has 1 saturated carbocycles. The molecule has 1 aliphatic carbocycles. The fraction of sp³-hybridized carbons (Fsp3) is 0.389. The van der Waals surface area contributed by atoms with E-state index in [0.717, 1.165) is 12.8 Å². The highest BCUT2D eigenvalue weighted by Crippen LogP contribution is 2.24. The molecule has 0 unspecified atom stereocenters. The van der Waals surface area contributed by atoms with Crippen LogP contribution in [0.1, 0.15) is 48.4 Å². The van der Waals surface area contributed by atoms with Crippen molar-refractivity contribution in [3.05, 3.63) is 52.9 Å². The smallest absolute Gasteiger partial charge is 0.287 e. The first-order valence-electron chi connectivity index (χ1n) is 7.99. The molecule has 0 aliphatic heterocycles. The highest BCUT2D eigenvalue weighted by molar-refractivity contribution is 6.32. The van der Waals surface area contributed by atoms with Gasteiger partial charge in [-0.05, 0) is 37.1 Å². The molecule has 122 valence electrons. The summed E-state index contributed by atoms with van der Waals surface area (Å²) in [6.45, 7) is 0.237. The zero-order valence-corrected chi connectivity index (χ0v) is 13.6. The van der Waals surface area contributed by atoms with Gasteiger partial charge >= 0.3 is 0 Å². The Hall–Kier alpha value is -1.94. The van der Waals surface area contributed by atoms with Crippen molar-refractivity contribution in [2.24, 2.45) is 0 Å². The molecule has 0 saturated heterocycles. The maximum atomic E-state index is 12.2. The van der Waals surface area contributed by atoms with Crippen molar-refractivity contribution in [1.82, 2.24) is 5.32 Å². The average molecular weight is 334 g/mol. The van der Waals surface area contributed by atoms with Gasteiger partial charge in [-0.2, -0.15) is 0 Å². The zero-order chi connectivity index (χ0) is 16.1. The van der Waals surface area contributed by atoms with Crippen molar-refractivity contribution < 1.29 is 13.9 Å². The van der Waals surface area contributed by atoms with Crippen molar-refractivity contribution in [1.29, 1.82) is 0 Å². The van der Waals surface area contributed by atoms with Crippen LogP contribution >= 0.6 is 11.6 Å². The number of carbonyl (C=O) groups excluding carboxylic acids is 1. The van der Waals surface area contributed by atoms with Crippen molar-refractivity contribution in [3.8, 4) is 5.75 Å². The zero-order valence-electron chi connectivity index (χ0n) is 12.9. The van der Waals surface area contributed by atoms with Gasteiger partial charge in [-0.1, -0.05) is 43.0 Å². The summed E-state index contributed by atoms with van der Waals surface area (Å²) in [6, 6.07) is 11.0. The van der Waals surface area contributed by atoms with Gasteiger partial charge in [0, 0.05) is 6.04 Å². The first-order valence-corrected chi connectivity index (χ1v) is 8.37. The quantitative estimate of drug-likeness (QED) is 0.871. The summed E-state index contributed by atoms with van der Waals surface area (Å²) >= 11 is 6.03. The Morgan fingerprint density at radius 1 is 1.17 bits per heavy atom. The van der Waals surface area contributed by atoms with Crippen LogP contribution in [0.15, 0.2) is 40.8 Å². The molecule has 1 heterocycles. The molecule has 2 aromatic rings. The van der Waals surface area contributed by atoms with E-state index in [2.05, 4.69) is 5.32 Å². The number of halogens is 1. The van der Waals surface area contributed by atoms with Crippen LogP contribution < -0.4 is 10.1 Å². The third-order valence-corrected chi connectivity index (χ3v) is 4.34. The van der Waals surface area contributed by atoms with Crippen molar-refractivity contribution >= 4 is 17.5 Å². The summed E-state index contributed by atoms with van der Waals surface area (Å²) in [5.74, 6) is 1.37. The molecular weight excluding hydrogens is 314 g/mol. The van der Waals surface area contributed by atoms with E-state index in [0.29, 0.717) is 22.3 Å². The van der Waals surface area contributed by atoms with E-state index in [1.165, 1.54) is 19.3 Å². The summed E-state index contributed by atoms with van der Waals surface area (Å²) in [4.78, 5) is 12.2. The SMILES string of the molecule is O=C(NC1CCCCC1)c1ccc(COc2ccccc2Cl)o1. The van der Waals surface area contributed by atoms with Crippen molar-refractivity contribution in [3.63, 3.8) is 0 Å². The van der Waals surface area contributed by atoms with E-state index in [9.17, 15) is 4.79 Å². The maximum absolute atomic E-state index is 12.2. The van der Waals surface area contributed by atoms with E-state index >= 15 is 0 Å². The minimum Gasteiger partial charge on any atom is -0.484 e. The third-order valence-electron chi connectivity index (χ3n) is 4.03. The van der Waals surface area contributed by atoms with Gasteiger partial charge in [-0.15, -0.1) is 0 Å². The molecule has 5 heteroatoms. The number of furan rings is 1. The number of benzene rings is 1. The highest BCUT2D eigenvalue weighted by Gasteiger charge is 2.18. The monoisotopic (exact) mass is 333 g/mol. The molecule has 3 rings (SSSR count). The Balaban J connectivity index is 1.55. The van der Waals surface area contributed by atoms with Gasteiger partial charge in [0.25, 0.3) is 5.91 Å². The van der Waals surface area contributed by atoms with Crippen LogP contribution in [-0.2, 0) is 6.61 Å². The number of amides is 1. The fourth-order valence-electron chi connectivity index (χ4n) is 2.79. The van der Waals surface area contributed by atoms with Gasteiger partial charge in [-0.3, -0.25) is 4.79 Å². The van der Waals surface area contributed by atoms with Crippen molar-refractivity contribution in [2.75, 3.05) is 0 Å². The number of hydrogen-bond donors (Lipinski definition) is 1. The van der Waals surface area contributed by atoms with Gasteiger partial charge < -0.3 is 14.5 Å². The molecule has 1 aromatic heterocycles. The van der Waals surface area contributed by atoms with Crippen LogP contribution in [0.5, 0.6) is 5.75 Å². The van der Waals surface area contributed by atoms with Crippen LogP contribution in [0.4, 0.5) is 0 Å². The Bertz CT molecular complexity index is 662. The molecule has 1 aromatic carbocycles. The van der Waals surface area contributed by atoms with Crippen LogP contribution in [0, 0.1) is 0 Å². The van der Waals surface area contributed by atoms with Gasteiger partial charge in [0.15, 0.2) is 5.76 Å². The van der Waals surface area contributed by atoms with Crippen LogP contribution in [-0.4, -0.2) is 11.9 Å². The maximum Gasteiger partial charge on any atom is 0.287 e. The van der Waals surface area contributed by atoms with Crippen LogP contribution in [0.2, 0.25) is 5.02 Å². The average Bonchev–Trinajstić information content (AvgIpc) is 3.04. The number of rotatable bonds is 5. The second-order valence-corrected chi connectivity index (χ2v) is 6.20. The van der Waals surface area contributed by atoms with E-state index in [4.69, 9.17) is 20.8 Å². The minimum absolute atomic E-state index is 0.152. The standard InChI is InChI=1S/C18H20ClNO3/c19-15-8-4-5-9-16(15)22-12-14-10-11-17(23-14)18(21)20-13-6-2-1-3-7-13/h4-5,8-11,13H,1-3,6-7,12H2,(H,20,21). The molecule has 0 spiro atoms. The molecule has 0 atom stereocenters. The first-order chi connectivity index (χ1) is 11.2. The first kappa shape index (κ1) is 15.9.